The highest BCUT2D eigenvalue weighted by Crippen LogP contribution is 2.36. The summed E-state index contributed by atoms with van der Waals surface area (Å²) >= 11 is 0. The fourth-order valence-corrected chi connectivity index (χ4v) is 2.67. The Bertz CT molecular complexity index is 452. The number of carbonyl (C=O) groups excluding carboxylic acids is 1. The molecule has 0 aliphatic carbocycles. The van der Waals surface area contributed by atoms with E-state index < -0.39 is 31.6 Å². The number of amides is 1. The molecular weight excluding hydrogens is 309 g/mol. The van der Waals surface area contributed by atoms with E-state index in [0.29, 0.717) is 18.9 Å². The second-order valence-corrected chi connectivity index (χ2v) is 7.48. The molecule has 4 N–H and O–H groups in total. The molecule has 0 aromatic heterocycles. The van der Waals surface area contributed by atoms with Gasteiger partial charge in [0.25, 0.3) is 0 Å². The third-order valence-corrected chi connectivity index (χ3v) is 4.02. The number of hydrogen-bond acceptors (Lipinski definition) is 3. The molecule has 22 heavy (non-hydrogen) atoms. The first kappa shape index (κ1) is 20.8. The zero-order valence-electron chi connectivity index (χ0n) is 13.3. The van der Waals surface area contributed by atoms with Gasteiger partial charge in [0.1, 0.15) is 5.92 Å². The van der Waals surface area contributed by atoms with Gasteiger partial charge < -0.3 is 20.2 Å². The summed E-state index contributed by atoms with van der Waals surface area (Å²) < 4.78 is 10.9. The van der Waals surface area contributed by atoms with Crippen molar-refractivity contribution >= 4 is 19.5 Å². The molecule has 8 heteroatoms. The van der Waals surface area contributed by atoms with E-state index in [1.54, 1.807) is 0 Å². The highest BCUT2D eigenvalue weighted by atomic mass is 31.2. The molecule has 0 saturated carbocycles. The Morgan fingerprint density at radius 3 is 2.27 bits per heavy atom. The molecule has 0 aromatic rings. The van der Waals surface area contributed by atoms with E-state index in [0.717, 1.165) is 12.8 Å². The van der Waals surface area contributed by atoms with Gasteiger partial charge in [-0.2, -0.15) is 0 Å². The van der Waals surface area contributed by atoms with Gasteiger partial charge >= 0.3 is 13.6 Å². The zero-order chi connectivity index (χ0) is 17.3. The monoisotopic (exact) mass is 335 g/mol. The van der Waals surface area contributed by atoms with Crippen LogP contribution < -0.4 is 5.32 Å². The lowest BCUT2D eigenvalue weighted by Crippen LogP contribution is -2.38. The fraction of sp³-hybridized carbons (Fsp3) is 0.714. The number of carboxylic acid groups (broad SMARTS) is 1. The Kier molecular flexibility index (Phi) is 9.25. The van der Waals surface area contributed by atoms with Crippen molar-refractivity contribution in [3.63, 3.8) is 0 Å². The van der Waals surface area contributed by atoms with Crippen LogP contribution in [0.25, 0.3) is 0 Å². The van der Waals surface area contributed by atoms with Crippen LogP contribution >= 0.6 is 7.60 Å². The summed E-state index contributed by atoms with van der Waals surface area (Å²) in [5.41, 5.74) is 1.25. The van der Waals surface area contributed by atoms with Crippen LogP contribution in [-0.4, -0.2) is 39.5 Å². The maximum absolute atomic E-state index is 11.7. The summed E-state index contributed by atoms with van der Waals surface area (Å²) in [6.45, 7) is 6.38. The van der Waals surface area contributed by atoms with Crippen LogP contribution in [0.3, 0.4) is 0 Å². The maximum Gasteiger partial charge on any atom is 0.326 e. The van der Waals surface area contributed by atoms with E-state index in [4.69, 9.17) is 14.9 Å². The third-order valence-electron chi connectivity index (χ3n) is 3.18. The van der Waals surface area contributed by atoms with Crippen LogP contribution in [0, 0.1) is 11.8 Å². The van der Waals surface area contributed by atoms with Crippen molar-refractivity contribution in [2.24, 2.45) is 11.8 Å². The van der Waals surface area contributed by atoms with Gasteiger partial charge in [0.15, 0.2) is 0 Å². The second-order valence-electron chi connectivity index (χ2n) is 5.78. The first-order chi connectivity index (χ1) is 10.0. The molecule has 128 valence electrons. The molecular formula is C14H26NO6P. The van der Waals surface area contributed by atoms with Crippen LogP contribution in [-0.2, 0) is 14.2 Å². The molecule has 0 fully saturated rings. The summed E-state index contributed by atoms with van der Waals surface area (Å²) in [6.07, 6.45) is 3.75. The van der Waals surface area contributed by atoms with Crippen molar-refractivity contribution < 1.29 is 29.0 Å². The smallest absolute Gasteiger partial charge is 0.326 e. The molecule has 0 aromatic carbocycles. The topological polar surface area (TPSA) is 124 Å². The molecule has 7 nitrogen and oxygen atoms in total. The average molecular weight is 335 g/mol. The molecule has 0 heterocycles. The van der Waals surface area contributed by atoms with Crippen LogP contribution in [0.4, 0.5) is 0 Å². The minimum Gasteiger partial charge on any atom is -0.481 e. The molecule has 2 unspecified atom stereocenters. The minimum absolute atomic E-state index is 0.291. The highest BCUT2D eigenvalue weighted by Gasteiger charge is 2.33. The predicted octanol–water partition coefficient (Wildman–Crippen LogP) is 1.75. The molecule has 1 amide bonds. The maximum atomic E-state index is 11.7. The SMILES string of the molecule is CC(C)=CCCC(C)CCNC(=O)C(CP(=O)(O)O)C(=O)O. The molecule has 0 spiro atoms. The first-order valence-electron chi connectivity index (χ1n) is 7.21. The fourth-order valence-electron chi connectivity index (χ4n) is 1.88. The van der Waals surface area contributed by atoms with E-state index in [2.05, 4.69) is 11.4 Å². The van der Waals surface area contributed by atoms with E-state index in [1.807, 2.05) is 20.8 Å². The molecule has 0 aliphatic heterocycles. The third kappa shape index (κ3) is 10.5. The lowest BCUT2D eigenvalue weighted by atomic mass is 10.0. The lowest BCUT2D eigenvalue weighted by Gasteiger charge is -2.15. The number of rotatable bonds is 10. The largest absolute Gasteiger partial charge is 0.481 e. The van der Waals surface area contributed by atoms with E-state index in [1.165, 1.54) is 5.57 Å². The van der Waals surface area contributed by atoms with Gasteiger partial charge in [0, 0.05) is 6.54 Å². The predicted molar refractivity (Wildman–Crippen MR) is 83.5 cm³/mol. The van der Waals surface area contributed by atoms with Gasteiger partial charge in [-0.15, -0.1) is 0 Å². The first-order valence-corrected chi connectivity index (χ1v) is 9.01. The number of aliphatic carboxylic acids is 1. The normalized spacial score (nSPS) is 14.0. The zero-order valence-corrected chi connectivity index (χ0v) is 14.2. The van der Waals surface area contributed by atoms with Crippen LogP contribution in [0.2, 0.25) is 0 Å². The quantitative estimate of drug-likeness (QED) is 0.274. The van der Waals surface area contributed by atoms with Gasteiger partial charge in [-0.25, -0.2) is 0 Å². The second kappa shape index (κ2) is 9.77. The van der Waals surface area contributed by atoms with Crippen molar-refractivity contribution in [3.05, 3.63) is 11.6 Å². The van der Waals surface area contributed by atoms with Gasteiger partial charge in [-0.05, 0) is 39.0 Å². The van der Waals surface area contributed by atoms with Gasteiger partial charge in [-0.1, -0.05) is 18.6 Å². The number of allylic oxidation sites excluding steroid dienone is 2. The van der Waals surface area contributed by atoms with Crippen molar-refractivity contribution in [2.45, 2.75) is 40.0 Å². The summed E-state index contributed by atoms with van der Waals surface area (Å²) in [7, 11) is -4.55. The Hall–Kier alpha value is -1.17. The Morgan fingerprint density at radius 1 is 1.23 bits per heavy atom. The standard InChI is InChI=1S/C14H26NO6P/c1-10(2)5-4-6-11(3)7-8-15-13(16)12(14(17)18)9-22(19,20)21/h5,11-12H,4,6-9H2,1-3H3,(H,15,16)(H,17,18)(H2,19,20,21). The minimum atomic E-state index is -4.55. The summed E-state index contributed by atoms with van der Waals surface area (Å²) in [6, 6.07) is 0. The average Bonchev–Trinajstić information content (AvgIpc) is 2.34. The lowest BCUT2D eigenvalue weighted by molar-refractivity contribution is -0.146. The number of hydrogen-bond donors (Lipinski definition) is 4. The van der Waals surface area contributed by atoms with Gasteiger partial charge in [0.2, 0.25) is 5.91 Å². The Labute approximate surface area is 131 Å². The van der Waals surface area contributed by atoms with Crippen LogP contribution in [0.15, 0.2) is 11.6 Å². The highest BCUT2D eigenvalue weighted by molar-refractivity contribution is 7.51. The van der Waals surface area contributed by atoms with Crippen molar-refractivity contribution in [3.8, 4) is 0 Å². The molecule has 0 radical (unpaired) electrons. The van der Waals surface area contributed by atoms with Crippen molar-refractivity contribution in [1.29, 1.82) is 0 Å². The van der Waals surface area contributed by atoms with E-state index in [-0.39, 0.29) is 0 Å². The summed E-state index contributed by atoms with van der Waals surface area (Å²) in [5.74, 6) is -3.74. The molecule has 0 bridgehead atoms. The van der Waals surface area contributed by atoms with Crippen LogP contribution in [0.1, 0.15) is 40.0 Å². The molecule has 0 aliphatic rings. The summed E-state index contributed by atoms with van der Waals surface area (Å²) in [4.78, 5) is 40.2. The number of nitrogens with one attached hydrogen (secondary N) is 1. The molecule has 0 rings (SSSR count). The Balaban J connectivity index is 4.22. The number of carboxylic acids is 1. The molecule has 0 saturated heterocycles. The van der Waals surface area contributed by atoms with Gasteiger partial charge in [0.05, 0.1) is 6.16 Å². The van der Waals surface area contributed by atoms with E-state index >= 15 is 0 Å². The van der Waals surface area contributed by atoms with Crippen LogP contribution in [0.5, 0.6) is 0 Å². The Morgan fingerprint density at radius 2 is 1.82 bits per heavy atom. The molecule has 2 atom stereocenters. The number of carbonyl (C=O) groups is 2. The summed E-state index contributed by atoms with van der Waals surface area (Å²) in [5, 5.41) is 11.3. The van der Waals surface area contributed by atoms with Crippen molar-refractivity contribution in [1.82, 2.24) is 5.32 Å². The van der Waals surface area contributed by atoms with Gasteiger partial charge in [-0.3, -0.25) is 14.2 Å². The van der Waals surface area contributed by atoms with Crippen molar-refractivity contribution in [2.75, 3.05) is 12.7 Å². The van der Waals surface area contributed by atoms with E-state index in [9.17, 15) is 14.2 Å².